The monoisotopic (exact) mass is 523 g/mol. The van der Waals surface area contributed by atoms with Crippen molar-refractivity contribution in [2.45, 2.75) is 86.0 Å². The third kappa shape index (κ3) is 5.84. The zero-order chi connectivity index (χ0) is 19.9. The fraction of sp³-hybridized carbons (Fsp3) is 0.520. The van der Waals surface area contributed by atoms with Crippen molar-refractivity contribution in [1.29, 1.82) is 0 Å². The van der Waals surface area contributed by atoms with E-state index in [1.165, 1.54) is 33.6 Å². The summed E-state index contributed by atoms with van der Waals surface area (Å²) < 4.78 is 0. The molecule has 0 atom stereocenters. The summed E-state index contributed by atoms with van der Waals surface area (Å²) in [6, 6.07) is 17.2. The molecule has 30 heavy (non-hydrogen) atoms. The van der Waals surface area contributed by atoms with Gasteiger partial charge in [-0.15, -0.1) is 17.2 Å². The Hall–Kier alpha value is -0.497. The average molecular weight is 526 g/mol. The van der Waals surface area contributed by atoms with Crippen LogP contribution < -0.4 is 34.6 Å². The maximum absolute atomic E-state index is 3.74. The van der Waals surface area contributed by atoms with Gasteiger partial charge in [0, 0.05) is 29.9 Å². The maximum atomic E-state index is 3.74. The Morgan fingerprint density at radius 3 is 1.70 bits per heavy atom. The summed E-state index contributed by atoms with van der Waals surface area (Å²) in [6.45, 7) is 18.1. The van der Waals surface area contributed by atoms with E-state index in [-0.39, 0.29) is 51.0 Å². The summed E-state index contributed by atoms with van der Waals surface area (Å²) in [4.78, 5) is 4.95. The average Bonchev–Trinajstić information content (AvgIpc) is 2.90. The van der Waals surface area contributed by atoms with Crippen LogP contribution in [0.4, 0.5) is 11.4 Å². The fourth-order valence-corrected chi connectivity index (χ4v) is 4.75. The van der Waals surface area contributed by atoms with Crippen LogP contribution in [0.3, 0.4) is 0 Å². The van der Waals surface area contributed by atoms with Gasteiger partial charge in [0.1, 0.15) is 0 Å². The number of rotatable bonds is 6. The van der Waals surface area contributed by atoms with Gasteiger partial charge in [-0.05, 0) is 79.5 Å². The van der Waals surface area contributed by atoms with Gasteiger partial charge >= 0.3 is 26.2 Å². The van der Waals surface area contributed by atoms with Crippen LogP contribution in [-0.2, 0) is 32.6 Å². The molecule has 0 spiro atoms. The molecule has 1 aliphatic carbocycles. The summed E-state index contributed by atoms with van der Waals surface area (Å²) in [7, 11) is 0. The Morgan fingerprint density at radius 2 is 1.20 bits per heavy atom. The first-order valence-electron chi connectivity index (χ1n) is 10.5. The van der Waals surface area contributed by atoms with E-state index < -0.39 is 0 Å². The first-order valence-corrected chi connectivity index (χ1v) is 10.5. The van der Waals surface area contributed by atoms with Crippen molar-refractivity contribution in [1.82, 2.24) is 0 Å². The van der Waals surface area contributed by atoms with Gasteiger partial charge in [0.2, 0.25) is 0 Å². The summed E-state index contributed by atoms with van der Waals surface area (Å²) in [5.74, 6) is 0. The van der Waals surface area contributed by atoms with Crippen LogP contribution >= 0.6 is 0 Å². The minimum Gasteiger partial charge on any atom is -1.00 e. The molecule has 0 N–H and O–H groups in total. The number of anilines is 2. The van der Waals surface area contributed by atoms with Gasteiger partial charge in [-0.1, -0.05) is 17.3 Å². The summed E-state index contributed by atoms with van der Waals surface area (Å²) in [5, 5.41) is 0. The topological polar surface area (TPSA) is 6.48 Å². The fourth-order valence-electron chi connectivity index (χ4n) is 4.75. The van der Waals surface area contributed by atoms with E-state index in [2.05, 4.69) is 102 Å². The summed E-state index contributed by atoms with van der Waals surface area (Å²) >= 11 is 0. The molecule has 0 bridgehead atoms. The molecule has 1 radical (unpaired) electrons. The number of hydrogen-bond donors (Lipinski definition) is 0. The Labute approximate surface area is 215 Å². The number of nitrogens with zero attached hydrogens (tertiary/aromatic N) is 2. The van der Waals surface area contributed by atoms with Crippen LogP contribution in [0.5, 0.6) is 0 Å². The quantitative estimate of drug-likeness (QED) is 0.428. The van der Waals surface area contributed by atoms with E-state index in [1.807, 2.05) is 0 Å². The Bertz CT molecular complexity index is 735. The number of hydrogen-bond acceptors (Lipinski definition) is 2. The van der Waals surface area contributed by atoms with Crippen molar-refractivity contribution in [2.24, 2.45) is 0 Å². The second kappa shape index (κ2) is 11.9. The SMILES string of the molecule is CC(C)N(c1[c-]c2c(cc1)-c1ccc(N(C(C)C)C(C)C)cc1C2)C(C)C.[Cl-].[Cl-].[Zr+3]. The number of benzene rings is 2. The second-order valence-corrected chi connectivity index (χ2v) is 8.94. The maximum Gasteiger partial charge on any atom is 3.00 e. The minimum atomic E-state index is 0. The van der Waals surface area contributed by atoms with E-state index in [0.29, 0.717) is 24.2 Å². The molecule has 2 aromatic rings. The van der Waals surface area contributed by atoms with Crippen LogP contribution in [0.2, 0.25) is 0 Å². The predicted octanol–water partition coefficient (Wildman–Crippen LogP) is 0.310. The van der Waals surface area contributed by atoms with Gasteiger partial charge in [-0.2, -0.15) is 12.1 Å². The van der Waals surface area contributed by atoms with E-state index in [1.54, 1.807) is 0 Å². The molecule has 0 amide bonds. The van der Waals surface area contributed by atoms with E-state index in [0.717, 1.165) is 6.42 Å². The van der Waals surface area contributed by atoms with Crippen LogP contribution in [0.15, 0.2) is 30.3 Å². The van der Waals surface area contributed by atoms with Crippen molar-refractivity contribution in [2.75, 3.05) is 9.80 Å². The minimum absolute atomic E-state index is 0. The first kappa shape index (κ1) is 29.5. The molecule has 0 aromatic heterocycles. The first-order chi connectivity index (χ1) is 12.7. The molecule has 0 unspecified atom stereocenters. The van der Waals surface area contributed by atoms with Gasteiger partial charge in [0.25, 0.3) is 0 Å². The molecular formula is C25H35Cl2N2Zr. The molecule has 5 heteroatoms. The second-order valence-electron chi connectivity index (χ2n) is 8.94. The van der Waals surface area contributed by atoms with Gasteiger partial charge in [-0.3, -0.25) is 0 Å². The molecule has 0 heterocycles. The van der Waals surface area contributed by atoms with E-state index in [4.69, 9.17) is 0 Å². The predicted molar refractivity (Wildman–Crippen MR) is 119 cm³/mol. The van der Waals surface area contributed by atoms with Crippen LogP contribution in [0.1, 0.15) is 66.5 Å². The van der Waals surface area contributed by atoms with Gasteiger partial charge in [0.05, 0.1) is 0 Å². The molecule has 1 aliphatic rings. The summed E-state index contributed by atoms with van der Waals surface area (Å²) in [5.41, 5.74) is 8.06. The normalized spacial score (nSPS) is 11.6. The molecule has 0 saturated heterocycles. The summed E-state index contributed by atoms with van der Waals surface area (Å²) in [6.07, 6.45) is 0.987. The standard InChI is InChI=1S/C25H35N2.2ClH.Zr/c1-16(2)26(17(3)4)22-9-11-24-20(14-22)13-21-15-23(10-12-25(21)24)27(18(5)6)19(7)8;;;/h9-12,14,16-19H,13H2,1-8H3;2*1H;/q-1;;;+3/p-2. The van der Waals surface area contributed by atoms with E-state index in [9.17, 15) is 0 Å². The Kier molecular flexibility index (Phi) is 11.7. The zero-order valence-electron chi connectivity index (χ0n) is 19.6. The third-order valence-corrected chi connectivity index (χ3v) is 5.56. The zero-order valence-corrected chi connectivity index (χ0v) is 23.5. The molecule has 2 aromatic carbocycles. The number of halogens is 2. The van der Waals surface area contributed by atoms with Crippen molar-refractivity contribution in [3.05, 3.63) is 47.5 Å². The van der Waals surface area contributed by atoms with Gasteiger partial charge in [0.15, 0.2) is 0 Å². The third-order valence-electron chi connectivity index (χ3n) is 5.56. The van der Waals surface area contributed by atoms with Crippen molar-refractivity contribution in [3.8, 4) is 11.1 Å². The van der Waals surface area contributed by atoms with Crippen molar-refractivity contribution < 1.29 is 51.0 Å². The van der Waals surface area contributed by atoms with Crippen molar-refractivity contribution in [3.63, 3.8) is 0 Å². The van der Waals surface area contributed by atoms with Crippen molar-refractivity contribution >= 4 is 11.4 Å². The van der Waals surface area contributed by atoms with Crippen LogP contribution in [-0.4, -0.2) is 24.2 Å². The Balaban J connectivity index is 0.00000280. The Morgan fingerprint density at radius 1 is 0.700 bits per heavy atom. The molecular weight excluding hydrogens is 490 g/mol. The van der Waals surface area contributed by atoms with Crippen LogP contribution in [0.25, 0.3) is 11.1 Å². The van der Waals surface area contributed by atoms with E-state index >= 15 is 0 Å². The molecule has 0 fully saturated rings. The molecule has 3 rings (SSSR count). The molecule has 0 aliphatic heterocycles. The van der Waals surface area contributed by atoms with Gasteiger partial charge < -0.3 is 34.6 Å². The molecule has 163 valence electrons. The smallest absolute Gasteiger partial charge is 1.00 e. The number of fused-ring (bicyclic) bond motifs is 3. The molecule has 2 nitrogen and oxygen atoms in total. The van der Waals surface area contributed by atoms with Crippen LogP contribution in [0, 0.1) is 6.07 Å². The largest absolute Gasteiger partial charge is 3.00 e. The molecule has 0 saturated carbocycles. The van der Waals surface area contributed by atoms with Gasteiger partial charge in [-0.25, -0.2) is 0 Å².